The average molecular weight is 182 g/mol. The molecule has 1 heterocycles. The average Bonchev–Trinajstić information content (AvgIpc) is 2.60. The maximum atomic E-state index is 3.62. The van der Waals surface area contributed by atoms with Crippen LogP contribution in [-0.4, -0.2) is 25.2 Å². The summed E-state index contributed by atoms with van der Waals surface area (Å²) in [6.45, 7) is 10.4. The molecule has 2 rings (SSSR count). The van der Waals surface area contributed by atoms with E-state index < -0.39 is 0 Å². The van der Waals surface area contributed by atoms with E-state index in [0.717, 1.165) is 5.92 Å². The first kappa shape index (κ1) is 9.47. The Balaban J connectivity index is 1.82. The molecule has 1 aliphatic carbocycles. The highest BCUT2D eigenvalue weighted by molar-refractivity contribution is 5.05. The van der Waals surface area contributed by atoms with Gasteiger partial charge in [0.05, 0.1) is 0 Å². The van der Waals surface area contributed by atoms with Crippen LogP contribution in [0.4, 0.5) is 0 Å². The Labute approximate surface area is 81.5 Å². The summed E-state index contributed by atoms with van der Waals surface area (Å²) in [4.78, 5) is 0. The predicted molar refractivity (Wildman–Crippen MR) is 55.8 cm³/mol. The second kappa shape index (κ2) is 2.96. The molecule has 0 amide bonds. The number of nitrogens with one attached hydrogen (secondary N) is 2. The molecule has 1 unspecified atom stereocenters. The number of hydrogen-bond donors (Lipinski definition) is 2. The first-order chi connectivity index (χ1) is 6.02. The van der Waals surface area contributed by atoms with Gasteiger partial charge in [-0.05, 0) is 51.5 Å². The zero-order valence-corrected chi connectivity index (χ0v) is 9.11. The quantitative estimate of drug-likeness (QED) is 0.674. The van der Waals surface area contributed by atoms with Gasteiger partial charge in [-0.1, -0.05) is 0 Å². The predicted octanol–water partition coefficient (Wildman–Crippen LogP) is 1.37. The van der Waals surface area contributed by atoms with Crippen molar-refractivity contribution in [1.82, 2.24) is 10.6 Å². The summed E-state index contributed by atoms with van der Waals surface area (Å²) in [5.74, 6) is 0.881. The number of hydrogen-bond acceptors (Lipinski definition) is 2. The van der Waals surface area contributed by atoms with Crippen molar-refractivity contribution in [3.8, 4) is 0 Å². The van der Waals surface area contributed by atoms with Crippen molar-refractivity contribution in [2.24, 2.45) is 11.3 Å². The standard InChI is InChI=1S/C11H22N2/c1-10(2,3)13-7-9-6-12-8-11(9)4-5-11/h9,12-13H,4-8H2,1-3H3. The molecule has 2 N–H and O–H groups in total. The van der Waals surface area contributed by atoms with Crippen LogP contribution in [0.3, 0.4) is 0 Å². The molecular formula is C11H22N2. The van der Waals surface area contributed by atoms with Crippen molar-refractivity contribution in [3.05, 3.63) is 0 Å². The van der Waals surface area contributed by atoms with Gasteiger partial charge in [0.2, 0.25) is 0 Å². The molecule has 1 atom stereocenters. The van der Waals surface area contributed by atoms with Crippen molar-refractivity contribution in [3.63, 3.8) is 0 Å². The van der Waals surface area contributed by atoms with Gasteiger partial charge < -0.3 is 10.6 Å². The Morgan fingerprint density at radius 1 is 1.38 bits per heavy atom. The molecule has 2 aliphatic rings. The molecule has 1 saturated carbocycles. The molecule has 2 nitrogen and oxygen atoms in total. The maximum Gasteiger partial charge on any atom is 0.00966 e. The monoisotopic (exact) mass is 182 g/mol. The lowest BCUT2D eigenvalue weighted by molar-refractivity contribution is 0.322. The van der Waals surface area contributed by atoms with Crippen molar-refractivity contribution in [2.45, 2.75) is 39.2 Å². The van der Waals surface area contributed by atoms with E-state index in [0.29, 0.717) is 5.41 Å². The van der Waals surface area contributed by atoms with Crippen molar-refractivity contribution < 1.29 is 0 Å². The van der Waals surface area contributed by atoms with Crippen LogP contribution in [-0.2, 0) is 0 Å². The van der Waals surface area contributed by atoms with E-state index in [-0.39, 0.29) is 5.54 Å². The second-order valence-corrected chi connectivity index (χ2v) is 5.82. The Kier molecular flexibility index (Phi) is 2.16. The lowest BCUT2D eigenvalue weighted by atomic mass is 9.92. The van der Waals surface area contributed by atoms with Gasteiger partial charge in [-0.25, -0.2) is 0 Å². The van der Waals surface area contributed by atoms with Gasteiger partial charge in [0.1, 0.15) is 0 Å². The highest BCUT2D eigenvalue weighted by Crippen LogP contribution is 2.53. The van der Waals surface area contributed by atoms with Crippen LogP contribution in [0.25, 0.3) is 0 Å². The van der Waals surface area contributed by atoms with Crippen LogP contribution < -0.4 is 10.6 Å². The Morgan fingerprint density at radius 3 is 2.62 bits per heavy atom. The van der Waals surface area contributed by atoms with Crippen molar-refractivity contribution in [1.29, 1.82) is 0 Å². The second-order valence-electron chi connectivity index (χ2n) is 5.82. The van der Waals surface area contributed by atoms with Crippen molar-refractivity contribution >= 4 is 0 Å². The van der Waals surface area contributed by atoms with Crippen molar-refractivity contribution in [2.75, 3.05) is 19.6 Å². The van der Waals surface area contributed by atoms with E-state index in [1.807, 2.05) is 0 Å². The minimum absolute atomic E-state index is 0.276. The summed E-state index contributed by atoms with van der Waals surface area (Å²) in [6, 6.07) is 0. The molecule has 1 saturated heterocycles. The van der Waals surface area contributed by atoms with E-state index in [1.165, 1.54) is 32.5 Å². The molecule has 2 heteroatoms. The van der Waals surface area contributed by atoms with Crippen LogP contribution >= 0.6 is 0 Å². The molecule has 0 aromatic carbocycles. The van der Waals surface area contributed by atoms with Crippen LogP contribution in [0.5, 0.6) is 0 Å². The van der Waals surface area contributed by atoms with Crippen LogP contribution in [0.1, 0.15) is 33.6 Å². The van der Waals surface area contributed by atoms with Gasteiger partial charge in [0.25, 0.3) is 0 Å². The summed E-state index contributed by atoms with van der Waals surface area (Å²) in [6.07, 6.45) is 2.91. The van der Waals surface area contributed by atoms with Gasteiger partial charge in [0, 0.05) is 18.6 Å². The smallest absolute Gasteiger partial charge is 0.00966 e. The molecule has 0 radical (unpaired) electrons. The number of rotatable bonds is 2. The fourth-order valence-corrected chi connectivity index (χ4v) is 2.32. The molecule has 0 aromatic rings. The Bertz CT molecular complexity index is 189. The van der Waals surface area contributed by atoms with E-state index >= 15 is 0 Å². The molecule has 2 fully saturated rings. The molecule has 1 aliphatic heterocycles. The molecular weight excluding hydrogens is 160 g/mol. The fraction of sp³-hybridized carbons (Fsp3) is 1.00. The molecule has 76 valence electrons. The largest absolute Gasteiger partial charge is 0.316 e. The molecule has 0 bridgehead atoms. The lowest BCUT2D eigenvalue weighted by Crippen LogP contribution is -2.41. The third kappa shape index (κ3) is 2.05. The van der Waals surface area contributed by atoms with Crippen LogP contribution in [0.15, 0.2) is 0 Å². The van der Waals surface area contributed by atoms with Gasteiger partial charge >= 0.3 is 0 Å². The zero-order chi connectivity index (χ0) is 9.53. The zero-order valence-electron chi connectivity index (χ0n) is 9.11. The lowest BCUT2D eigenvalue weighted by Gasteiger charge is -2.25. The van der Waals surface area contributed by atoms with E-state index in [1.54, 1.807) is 0 Å². The summed E-state index contributed by atoms with van der Waals surface area (Å²) >= 11 is 0. The van der Waals surface area contributed by atoms with Crippen LogP contribution in [0, 0.1) is 11.3 Å². The summed E-state index contributed by atoms with van der Waals surface area (Å²) in [5.41, 5.74) is 0.983. The topological polar surface area (TPSA) is 24.1 Å². The van der Waals surface area contributed by atoms with E-state index in [4.69, 9.17) is 0 Å². The molecule has 13 heavy (non-hydrogen) atoms. The minimum Gasteiger partial charge on any atom is -0.316 e. The maximum absolute atomic E-state index is 3.62. The van der Waals surface area contributed by atoms with Gasteiger partial charge in [-0.3, -0.25) is 0 Å². The molecule has 0 aromatic heterocycles. The minimum atomic E-state index is 0.276. The fourth-order valence-electron chi connectivity index (χ4n) is 2.32. The summed E-state index contributed by atoms with van der Waals surface area (Å²) in [7, 11) is 0. The first-order valence-electron chi connectivity index (χ1n) is 5.48. The SMILES string of the molecule is CC(C)(C)NCC1CNCC12CC2. The highest BCUT2D eigenvalue weighted by Gasteiger charge is 2.51. The van der Waals surface area contributed by atoms with Gasteiger partial charge in [-0.2, -0.15) is 0 Å². The van der Waals surface area contributed by atoms with Gasteiger partial charge in [0.15, 0.2) is 0 Å². The van der Waals surface area contributed by atoms with Crippen LogP contribution in [0.2, 0.25) is 0 Å². The third-order valence-electron chi connectivity index (χ3n) is 3.50. The Morgan fingerprint density at radius 2 is 2.08 bits per heavy atom. The van der Waals surface area contributed by atoms with Gasteiger partial charge in [-0.15, -0.1) is 0 Å². The third-order valence-corrected chi connectivity index (χ3v) is 3.50. The molecule has 1 spiro atoms. The normalized spacial score (nSPS) is 31.2. The highest BCUT2D eigenvalue weighted by atomic mass is 15.0. The van der Waals surface area contributed by atoms with E-state index in [2.05, 4.69) is 31.4 Å². The first-order valence-corrected chi connectivity index (χ1v) is 5.48. The summed E-state index contributed by atoms with van der Waals surface area (Å²) in [5, 5.41) is 7.14. The van der Waals surface area contributed by atoms with E-state index in [9.17, 15) is 0 Å². The Hall–Kier alpha value is -0.0800. The summed E-state index contributed by atoms with van der Waals surface area (Å²) < 4.78 is 0.